The summed E-state index contributed by atoms with van der Waals surface area (Å²) in [6.45, 7) is 13.2. The van der Waals surface area contributed by atoms with Crippen LogP contribution in [0.4, 0.5) is 0 Å². The van der Waals surface area contributed by atoms with Crippen LogP contribution in [-0.2, 0) is 0 Å². The van der Waals surface area contributed by atoms with Gasteiger partial charge in [-0.25, -0.2) is 0 Å². The molecule has 3 heteroatoms. The molecule has 0 aliphatic heterocycles. The van der Waals surface area contributed by atoms with Crippen LogP contribution >= 0.6 is 22.9 Å². The molecule has 2 rings (SSSR count). The molecule has 2 aromatic rings. The molecule has 1 atom stereocenters. The van der Waals surface area contributed by atoms with E-state index in [0.717, 1.165) is 10.6 Å². The summed E-state index contributed by atoms with van der Waals surface area (Å²) in [6.07, 6.45) is 0. The van der Waals surface area contributed by atoms with Crippen LogP contribution in [0.15, 0.2) is 5.38 Å². The molecule has 0 bridgehead atoms. The van der Waals surface area contributed by atoms with Gasteiger partial charge in [0.2, 0.25) is 0 Å². The third-order valence-corrected chi connectivity index (χ3v) is 6.60. The zero-order valence-corrected chi connectivity index (χ0v) is 15.5. The number of aryl methyl sites for hydroxylation is 1. The van der Waals surface area contributed by atoms with Crippen molar-refractivity contribution in [3.63, 3.8) is 0 Å². The molecule has 0 spiro atoms. The van der Waals surface area contributed by atoms with Crippen molar-refractivity contribution in [3.05, 3.63) is 54.2 Å². The second kappa shape index (κ2) is 6.12. The fourth-order valence-electron chi connectivity index (χ4n) is 3.01. The summed E-state index contributed by atoms with van der Waals surface area (Å²) in [7, 11) is 2.01. The van der Waals surface area contributed by atoms with Gasteiger partial charge < -0.3 is 5.32 Å². The van der Waals surface area contributed by atoms with Gasteiger partial charge in [-0.15, -0.1) is 11.3 Å². The second-order valence-corrected chi connectivity index (χ2v) is 7.15. The van der Waals surface area contributed by atoms with Crippen LogP contribution in [0, 0.1) is 41.5 Å². The second-order valence-electron chi connectivity index (χ2n) is 5.86. The maximum Gasteiger partial charge on any atom is 0.0689 e. The molecule has 0 saturated heterocycles. The lowest BCUT2D eigenvalue weighted by Gasteiger charge is -2.25. The van der Waals surface area contributed by atoms with Crippen molar-refractivity contribution in [2.24, 2.45) is 0 Å². The fourth-order valence-corrected chi connectivity index (χ4v) is 4.43. The Hall–Kier alpha value is -0.830. The molecular weight excluding hydrogens is 298 g/mol. The summed E-state index contributed by atoms with van der Waals surface area (Å²) in [5.74, 6) is 0. The van der Waals surface area contributed by atoms with Crippen molar-refractivity contribution in [2.45, 2.75) is 47.6 Å². The highest BCUT2D eigenvalue weighted by molar-refractivity contribution is 7.10. The number of halogens is 1. The Bertz CT molecular complexity index is 656. The van der Waals surface area contributed by atoms with Gasteiger partial charge >= 0.3 is 0 Å². The molecule has 1 aromatic carbocycles. The van der Waals surface area contributed by atoms with Crippen LogP contribution in [0.3, 0.4) is 0 Å². The van der Waals surface area contributed by atoms with Crippen LogP contribution < -0.4 is 5.32 Å². The first-order valence-electron chi connectivity index (χ1n) is 7.28. The molecule has 0 saturated carbocycles. The minimum absolute atomic E-state index is 0.161. The van der Waals surface area contributed by atoms with E-state index in [-0.39, 0.29) is 6.04 Å². The van der Waals surface area contributed by atoms with Gasteiger partial charge in [0.05, 0.1) is 11.1 Å². The van der Waals surface area contributed by atoms with Gasteiger partial charge in [-0.05, 0) is 92.9 Å². The largest absolute Gasteiger partial charge is 0.309 e. The van der Waals surface area contributed by atoms with Crippen molar-refractivity contribution in [1.29, 1.82) is 0 Å². The molecule has 0 aliphatic rings. The van der Waals surface area contributed by atoms with E-state index in [0.29, 0.717) is 0 Å². The molecule has 1 heterocycles. The Morgan fingerprint density at radius 3 is 1.76 bits per heavy atom. The van der Waals surface area contributed by atoms with Gasteiger partial charge in [0, 0.05) is 4.88 Å². The fraction of sp³-hybridized carbons (Fsp3) is 0.444. The lowest BCUT2D eigenvalue weighted by molar-refractivity contribution is 0.692. The number of benzene rings is 1. The smallest absolute Gasteiger partial charge is 0.0689 e. The number of thiophene rings is 1. The van der Waals surface area contributed by atoms with Gasteiger partial charge in [0.15, 0.2) is 0 Å². The standard InChI is InChI=1S/C18H24ClNS/c1-9-8-21-18(16(9)19)17(20-7)15-13(5)11(3)10(2)12(4)14(15)6/h8,17,20H,1-7H3. The first-order valence-corrected chi connectivity index (χ1v) is 8.54. The lowest BCUT2D eigenvalue weighted by Crippen LogP contribution is -2.20. The summed E-state index contributed by atoms with van der Waals surface area (Å²) in [5.41, 5.74) is 9.45. The number of nitrogens with one attached hydrogen (secondary N) is 1. The summed E-state index contributed by atoms with van der Waals surface area (Å²) in [4.78, 5) is 1.21. The topological polar surface area (TPSA) is 12.0 Å². The summed E-state index contributed by atoms with van der Waals surface area (Å²) >= 11 is 8.26. The van der Waals surface area contributed by atoms with Gasteiger partial charge in [0.25, 0.3) is 0 Å². The molecule has 0 fully saturated rings. The molecule has 0 amide bonds. The van der Waals surface area contributed by atoms with Crippen LogP contribution in [0.2, 0.25) is 5.02 Å². The molecule has 114 valence electrons. The highest BCUT2D eigenvalue weighted by Crippen LogP contribution is 2.39. The minimum Gasteiger partial charge on any atom is -0.309 e. The van der Waals surface area contributed by atoms with Crippen LogP contribution in [0.5, 0.6) is 0 Å². The van der Waals surface area contributed by atoms with Crippen LogP contribution in [0.25, 0.3) is 0 Å². The van der Waals surface area contributed by atoms with E-state index in [1.807, 2.05) is 7.05 Å². The van der Waals surface area contributed by atoms with E-state index in [9.17, 15) is 0 Å². The van der Waals surface area contributed by atoms with Crippen molar-refractivity contribution in [3.8, 4) is 0 Å². The molecule has 1 aromatic heterocycles. The Balaban J connectivity index is 2.72. The maximum atomic E-state index is 6.52. The predicted molar refractivity (Wildman–Crippen MR) is 95.1 cm³/mol. The summed E-state index contributed by atoms with van der Waals surface area (Å²) in [5, 5.41) is 6.51. The third kappa shape index (κ3) is 2.65. The average molecular weight is 322 g/mol. The Kier molecular flexibility index (Phi) is 4.82. The molecule has 0 radical (unpaired) electrons. The Morgan fingerprint density at radius 2 is 1.38 bits per heavy atom. The molecule has 1 N–H and O–H groups in total. The molecule has 1 unspecified atom stereocenters. The number of hydrogen-bond donors (Lipinski definition) is 1. The molecule has 0 aliphatic carbocycles. The maximum absolute atomic E-state index is 6.52. The van der Waals surface area contributed by atoms with Gasteiger partial charge in [-0.1, -0.05) is 11.6 Å². The first-order chi connectivity index (χ1) is 9.81. The lowest BCUT2D eigenvalue weighted by atomic mass is 9.86. The van der Waals surface area contributed by atoms with E-state index in [1.54, 1.807) is 11.3 Å². The van der Waals surface area contributed by atoms with E-state index < -0.39 is 0 Å². The highest BCUT2D eigenvalue weighted by Gasteiger charge is 2.24. The van der Waals surface area contributed by atoms with Crippen molar-refractivity contribution < 1.29 is 0 Å². The van der Waals surface area contributed by atoms with Crippen molar-refractivity contribution in [2.75, 3.05) is 7.05 Å². The van der Waals surface area contributed by atoms with E-state index in [2.05, 4.69) is 52.2 Å². The number of rotatable bonds is 3. The van der Waals surface area contributed by atoms with Crippen molar-refractivity contribution >= 4 is 22.9 Å². The Labute approximate surface area is 137 Å². The molecule has 21 heavy (non-hydrogen) atoms. The average Bonchev–Trinajstić information content (AvgIpc) is 2.79. The third-order valence-electron chi connectivity index (χ3n) is 4.82. The van der Waals surface area contributed by atoms with E-state index in [1.165, 1.54) is 38.3 Å². The summed E-state index contributed by atoms with van der Waals surface area (Å²) < 4.78 is 0. The number of hydrogen-bond acceptors (Lipinski definition) is 2. The molecular formula is C18H24ClNS. The van der Waals surface area contributed by atoms with Gasteiger partial charge in [-0.3, -0.25) is 0 Å². The monoisotopic (exact) mass is 321 g/mol. The zero-order chi connectivity index (χ0) is 15.9. The van der Waals surface area contributed by atoms with Crippen LogP contribution in [-0.4, -0.2) is 7.05 Å². The summed E-state index contributed by atoms with van der Waals surface area (Å²) in [6, 6.07) is 0.161. The van der Waals surface area contributed by atoms with Crippen LogP contribution in [0.1, 0.15) is 49.9 Å². The zero-order valence-electron chi connectivity index (χ0n) is 13.9. The minimum atomic E-state index is 0.161. The SMILES string of the molecule is CNC(c1scc(C)c1Cl)c1c(C)c(C)c(C)c(C)c1C. The predicted octanol–water partition coefficient (Wildman–Crippen LogP) is 5.56. The van der Waals surface area contributed by atoms with Gasteiger partial charge in [0.1, 0.15) is 0 Å². The normalized spacial score (nSPS) is 12.8. The highest BCUT2D eigenvalue weighted by atomic mass is 35.5. The van der Waals surface area contributed by atoms with Crippen molar-refractivity contribution in [1.82, 2.24) is 5.32 Å². The molecule has 1 nitrogen and oxygen atoms in total. The quantitative estimate of drug-likeness (QED) is 0.780. The Morgan fingerprint density at radius 1 is 0.905 bits per heavy atom. The first kappa shape index (κ1) is 16.5. The van der Waals surface area contributed by atoms with E-state index >= 15 is 0 Å². The van der Waals surface area contributed by atoms with Gasteiger partial charge in [-0.2, -0.15) is 0 Å². The van der Waals surface area contributed by atoms with E-state index in [4.69, 9.17) is 11.6 Å².